The van der Waals surface area contributed by atoms with Gasteiger partial charge in [-0.1, -0.05) is 31.6 Å². The molecular weight excluding hydrogens is 268 g/mol. The number of rotatable bonds is 7. The van der Waals surface area contributed by atoms with Gasteiger partial charge in [0.25, 0.3) is 0 Å². The van der Waals surface area contributed by atoms with E-state index in [4.69, 9.17) is 9.47 Å². The molecule has 0 aliphatic rings. The second-order valence-corrected chi connectivity index (χ2v) is 4.32. The van der Waals surface area contributed by atoms with Crippen LogP contribution < -0.4 is 4.74 Å². The highest BCUT2D eigenvalue weighted by Crippen LogP contribution is 2.13. The first-order valence-electron chi connectivity index (χ1n) is 6.95. The van der Waals surface area contributed by atoms with Gasteiger partial charge in [0.2, 0.25) is 0 Å². The molecule has 1 aromatic rings. The molecule has 0 aliphatic heterocycles. The van der Waals surface area contributed by atoms with Gasteiger partial charge in [0.15, 0.2) is 0 Å². The Balaban J connectivity index is 2.53. The normalized spacial score (nSPS) is 11.0. The fraction of sp³-hybridized carbons (Fsp3) is 0.294. The van der Waals surface area contributed by atoms with Crippen LogP contribution in [0.2, 0.25) is 0 Å². The van der Waals surface area contributed by atoms with Crippen molar-refractivity contribution in [3.05, 3.63) is 54.1 Å². The summed E-state index contributed by atoms with van der Waals surface area (Å²) in [5.74, 6) is -0.448. The minimum absolute atomic E-state index is 0.366. The monoisotopic (exact) mass is 288 g/mol. The molecule has 0 fully saturated rings. The van der Waals surface area contributed by atoms with Crippen molar-refractivity contribution in [3.8, 4) is 5.75 Å². The van der Waals surface area contributed by atoms with E-state index < -0.39 is 5.97 Å². The summed E-state index contributed by atoms with van der Waals surface area (Å²) in [5, 5.41) is 0. The smallest absolute Gasteiger partial charge is 0.338 e. The number of hydrogen-bond donors (Lipinski definition) is 0. The third kappa shape index (κ3) is 6.56. The van der Waals surface area contributed by atoms with Crippen molar-refractivity contribution < 1.29 is 19.1 Å². The van der Waals surface area contributed by atoms with Crippen molar-refractivity contribution in [2.45, 2.75) is 26.7 Å². The van der Waals surface area contributed by atoms with Gasteiger partial charge in [-0.3, -0.25) is 0 Å². The van der Waals surface area contributed by atoms with Crippen LogP contribution in [-0.2, 0) is 9.53 Å². The van der Waals surface area contributed by atoms with Crippen LogP contribution >= 0.6 is 0 Å². The Hall–Kier alpha value is -2.36. The second kappa shape index (κ2) is 9.53. The van der Waals surface area contributed by atoms with Crippen LogP contribution in [0.1, 0.15) is 37.0 Å². The second-order valence-electron chi connectivity index (χ2n) is 4.32. The molecule has 0 saturated heterocycles. The number of ether oxygens (including phenoxy) is 2. The van der Waals surface area contributed by atoms with Crippen LogP contribution in [0.15, 0.2) is 48.6 Å². The van der Waals surface area contributed by atoms with Crippen LogP contribution in [0, 0.1) is 0 Å². The zero-order valence-corrected chi connectivity index (χ0v) is 12.4. The predicted octanol–water partition coefficient (Wildman–Crippen LogP) is 3.68. The quantitative estimate of drug-likeness (QED) is 0.252. The minimum Gasteiger partial charge on any atom is -0.462 e. The zero-order valence-electron chi connectivity index (χ0n) is 12.4. The van der Waals surface area contributed by atoms with E-state index in [9.17, 15) is 9.59 Å². The third-order valence-corrected chi connectivity index (χ3v) is 2.58. The SMILES string of the molecule is CC=CC=CC(=O)Oc1ccc(C(=O)OCCCC)cc1. The first-order valence-corrected chi connectivity index (χ1v) is 6.95. The standard InChI is InChI=1S/C17H20O4/c1-3-5-7-8-16(18)21-15-11-9-14(10-12-15)17(19)20-13-6-4-2/h3,5,7-12H,4,6,13H2,1-2H3. The highest BCUT2D eigenvalue weighted by atomic mass is 16.5. The Morgan fingerprint density at radius 2 is 1.86 bits per heavy atom. The van der Waals surface area contributed by atoms with Crippen molar-refractivity contribution in [1.29, 1.82) is 0 Å². The summed E-state index contributed by atoms with van der Waals surface area (Å²) in [4.78, 5) is 23.1. The third-order valence-electron chi connectivity index (χ3n) is 2.58. The maximum absolute atomic E-state index is 11.7. The summed E-state index contributed by atoms with van der Waals surface area (Å²) in [6.45, 7) is 4.30. The maximum Gasteiger partial charge on any atom is 0.338 e. The van der Waals surface area contributed by atoms with Gasteiger partial charge in [0.05, 0.1) is 12.2 Å². The van der Waals surface area contributed by atoms with E-state index in [-0.39, 0.29) is 5.97 Å². The van der Waals surface area contributed by atoms with E-state index in [2.05, 4.69) is 0 Å². The van der Waals surface area contributed by atoms with Gasteiger partial charge in [-0.2, -0.15) is 0 Å². The first kappa shape index (κ1) is 16.7. The summed E-state index contributed by atoms with van der Waals surface area (Å²) in [7, 11) is 0. The van der Waals surface area contributed by atoms with E-state index in [0.717, 1.165) is 12.8 Å². The van der Waals surface area contributed by atoms with Crippen LogP contribution in [0.4, 0.5) is 0 Å². The number of esters is 2. The molecule has 21 heavy (non-hydrogen) atoms. The predicted molar refractivity (Wildman–Crippen MR) is 81.2 cm³/mol. The number of hydrogen-bond acceptors (Lipinski definition) is 4. The molecule has 0 N–H and O–H groups in total. The summed E-state index contributed by atoms with van der Waals surface area (Å²) in [6.07, 6.45) is 8.29. The lowest BCUT2D eigenvalue weighted by Gasteiger charge is -2.05. The van der Waals surface area contributed by atoms with E-state index in [1.165, 1.54) is 6.08 Å². The molecule has 0 radical (unpaired) electrons. The van der Waals surface area contributed by atoms with E-state index in [1.807, 2.05) is 19.9 Å². The van der Waals surface area contributed by atoms with Gasteiger partial charge in [-0.25, -0.2) is 9.59 Å². The Morgan fingerprint density at radius 3 is 2.48 bits per heavy atom. The Morgan fingerprint density at radius 1 is 1.14 bits per heavy atom. The molecule has 4 nitrogen and oxygen atoms in total. The van der Waals surface area contributed by atoms with Gasteiger partial charge in [-0.15, -0.1) is 0 Å². The molecule has 1 aromatic carbocycles. The number of unbranched alkanes of at least 4 members (excludes halogenated alkanes) is 1. The summed E-state index contributed by atoms with van der Waals surface area (Å²) >= 11 is 0. The lowest BCUT2D eigenvalue weighted by Crippen LogP contribution is -2.07. The van der Waals surface area contributed by atoms with Gasteiger partial charge in [-0.05, 0) is 37.6 Å². The molecule has 0 aliphatic carbocycles. The molecule has 0 bridgehead atoms. The molecule has 0 heterocycles. The minimum atomic E-state index is -0.466. The van der Waals surface area contributed by atoms with Gasteiger partial charge < -0.3 is 9.47 Å². The number of allylic oxidation sites excluding steroid dienone is 3. The lowest BCUT2D eigenvalue weighted by molar-refractivity contribution is -0.128. The van der Waals surface area contributed by atoms with E-state index in [1.54, 1.807) is 36.4 Å². The fourth-order valence-corrected chi connectivity index (χ4v) is 1.45. The van der Waals surface area contributed by atoms with Crippen molar-refractivity contribution in [2.75, 3.05) is 6.61 Å². The van der Waals surface area contributed by atoms with Crippen LogP contribution in [0.5, 0.6) is 5.75 Å². The van der Waals surface area contributed by atoms with Crippen molar-refractivity contribution in [1.82, 2.24) is 0 Å². The molecule has 0 aromatic heterocycles. The Labute approximate surface area is 125 Å². The largest absolute Gasteiger partial charge is 0.462 e. The highest BCUT2D eigenvalue weighted by Gasteiger charge is 2.07. The average Bonchev–Trinajstić information content (AvgIpc) is 2.48. The fourth-order valence-electron chi connectivity index (χ4n) is 1.45. The number of carbonyl (C=O) groups is 2. The van der Waals surface area contributed by atoms with Crippen molar-refractivity contribution >= 4 is 11.9 Å². The summed E-state index contributed by atoms with van der Waals surface area (Å²) in [5.41, 5.74) is 0.440. The molecule has 112 valence electrons. The molecule has 0 spiro atoms. The molecule has 0 amide bonds. The Bertz CT molecular complexity index is 512. The average molecular weight is 288 g/mol. The first-order chi connectivity index (χ1) is 10.2. The molecule has 0 unspecified atom stereocenters. The molecule has 0 saturated carbocycles. The van der Waals surface area contributed by atoms with Crippen molar-refractivity contribution in [3.63, 3.8) is 0 Å². The van der Waals surface area contributed by atoms with E-state index >= 15 is 0 Å². The number of carbonyl (C=O) groups excluding carboxylic acids is 2. The van der Waals surface area contributed by atoms with Crippen LogP contribution in [0.3, 0.4) is 0 Å². The van der Waals surface area contributed by atoms with Gasteiger partial charge in [0.1, 0.15) is 5.75 Å². The molecule has 4 heteroatoms. The van der Waals surface area contributed by atoms with Crippen LogP contribution in [-0.4, -0.2) is 18.5 Å². The zero-order chi connectivity index (χ0) is 15.5. The number of benzene rings is 1. The Kier molecular flexibility index (Phi) is 7.58. The van der Waals surface area contributed by atoms with Crippen molar-refractivity contribution in [2.24, 2.45) is 0 Å². The maximum atomic E-state index is 11.7. The van der Waals surface area contributed by atoms with Crippen LogP contribution in [0.25, 0.3) is 0 Å². The van der Waals surface area contributed by atoms with E-state index in [0.29, 0.717) is 17.9 Å². The summed E-state index contributed by atoms with van der Waals surface area (Å²) in [6, 6.07) is 6.29. The lowest BCUT2D eigenvalue weighted by atomic mass is 10.2. The van der Waals surface area contributed by atoms with Gasteiger partial charge >= 0.3 is 11.9 Å². The summed E-state index contributed by atoms with van der Waals surface area (Å²) < 4.78 is 10.2. The molecule has 0 atom stereocenters. The topological polar surface area (TPSA) is 52.6 Å². The highest BCUT2D eigenvalue weighted by molar-refractivity contribution is 5.89. The van der Waals surface area contributed by atoms with Gasteiger partial charge in [0, 0.05) is 6.08 Å². The molecule has 1 rings (SSSR count). The molecular formula is C17H20O4.